The van der Waals surface area contributed by atoms with Crippen LogP contribution in [0, 0.1) is 0 Å². The number of aromatic nitrogens is 1. The van der Waals surface area contributed by atoms with Crippen molar-refractivity contribution in [2.24, 2.45) is 0 Å². The summed E-state index contributed by atoms with van der Waals surface area (Å²) in [5.41, 5.74) is 2.10. The predicted octanol–water partition coefficient (Wildman–Crippen LogP) is 3.11. The number of H-pyrrole nitrogens is 1. The van der Waals surface area contributed by atoms with Crippen molar-refractivity contribution in [2.45, 2.75) is 25.8 Å². The zero-order valence-corrected chi connectivity index (χ0v) is 14.0. The van der Waals surface area contributed by atoms with E-state index in [1.807, 2.05) is 30.5 Å². The highest BCUT2D eigenvalue weighted by Crippen LogP contribution is 2.19. The van der Waals surface area contributed by atoms with Crippen LogP contribution < -0.4 is 5.32 Å². The highest BCUT2D eigenvalue weighted by atomic mass is 16.5. The molecule has 0 saturated heterocycles. The second-order valence-electron chi connectivity index (χ2n) is 5.82. The molecule has 3 rings (SSSR count). The number of hydrogen-bond donors (Lipinski definition) is 2. The van der Waals surface area contributed by atoms with E-state index in [2.05, 4.69) is 10.3 Å². The Labute approximate surface area is 145 Å². The van der Waals surface area contributed by atoms with E-state index >= 15 is 0 Å². The highest BCUT2D eigenvalue weighted by molar-refractivity contribution is 5.84. The number of aromatic amines is 1. The van der Waals surface area contributed by atoms with Crippen molar-refractivity contribution in [3.63, 3.8) is 0 Å². The van der Waals surface area contributed by atoms with Gasteiger partial charge in [0, 0.05) is 23.5 Å². The number of carbonyl (C=O) groups is 2. The number of ether oxygens (including phenoxy) is 1. The number of rotatable bonds is 7. The van der Waals surface area contributed by atoms with Gasteiger partial charge in [0.05, 0.1) is 12.3 Å². The van der Waals surface area contributed by atoms with Crippen LogP contribution in [0.5, 0.6) is 0 Å². The van der Waals surface area contributed by atoms with E-state index in [0.717, 1.165) is 16.5 Å². The number of hydrogen-bond acceptors (Lipinski definition) is 4. The summed E-state index contributed by atoms with van der Waals surface area (Å²) in [6, 6.07) is 11.2. The fraction of sp³-hybridized carbons (Fsp3) is 0.263. The monoisotopic (exact) mass is 340 g/mol. The molecule has 0 saturated carbocycles. The maximum Gasteiger partial charge on any atom is 0.306 e. The van der Waals surface area contributed by atoms with Gasteiger partial charge >= 0.3 is 5.97 Å². The van der Waals surface area contributed by atoms with Crippen LogP contribution in [0.3, 0.4) is 0 Å². The van der Waals surface area contributed by atoms with Gasteiger partial charge < -0.3 is 19.5 Å². The SMILES string of the molecule is C[C@@H](NC(=O)COC(=O)CCc1c[nH]c2ccccc12)c1ccco1. The van der Waals surface area contributed by atoms with Gasteiger partial charge in [0.25, 0.3) is 5.91 Å². The smallest absolute Gasteiger partial charge is 0.306 e. The van der Waals surface area contributed by atoms with Crippen molar-refractivity contribution in [3.05, 3.63) is 60.2 Å². The fourth-order valence-corrected chi connectivity index (χ4v) is 2.69. The van der Waals surface area contributed by atoms with Crippen LogP contribution in [0.15, 0.2) is 53.3 Å². The van der Waals surface area contributed by atoms with Gasteiger partial charge in [-0.1, -0.05) is 18.2 Å². The van der Waals surface area contributed by atoms with Gasteiger partial charge in [0.1, 0.15) is 5.76 Å². The molecule has 0 spiro atoms. The Morgan fingerprint density at radius 2 is 2.08 bits per heavy atom. The molecule has 0 radical (unpaired) electrons. The number of fused-ring (bicyclic) bond motifs is 1. The van der Waals surface area contributed by atoms with Gasteiger partial charge in [-0.15, -0.1) is 0 Å². The lowest BCUT2D eigenvalue weighted by Gasteiger charge is -2.11. The summed E-state index contributed by atoms with van der Waals surface area (Å²) in [5, 5.41) is 3.81. The molecule has 0 bridgehead atoms. The number of benzene rings is 1. The maximum atomic E-state index is 11.9. The van der Waals surface area contributed by atoms with E-state index in [-0.39, 0.29) is 25.0 Å². The first-order valence-electron chi connectivity index (χ1n) is 8.17. The van der Waals surface area contributed by atoms with Crippen LogP contribution in [0.1, 0.15) is 30.7 Å². The zero-order chi connectivity index (χ0) is 17.6. The van der Waals surface area contributed by atoms with Crippen molar-refractivity contribution in [1.29, 1.82) is 0 Å². The van der Waals surface area contributed by atoms with Crippen molar-refractivity contribution >= 4 is 22.8 Å². The van der Waals surface area contributed by atoms with Crippen LogP contribution in [-0.4, -0.2) is 23.5 Å². The Balaban J connectivity index is 1.43. The Morgan fingerprint density at radius 1 is 1.24 bits per heavy atom. The molecule has 1 aromatic carbocycles. The van der Waals surface area contributed by atoms with E-state index in [1.165, 1.54) is 0 Å². The molecule has 6 heteroatoms. The van der Waals surface area contributed by atoms with E-state index in [4.69, 9.17) is 9.15 Å². The van der Waals surface area contributed by atoms with Crippen LogP contribution >= 0.6 is 0 Å². The molecule has 25 heavy (non-hydrogen) atoms. The van der Waals surface area contributed by atoms with Gasteiger partial charge in [-0.3, -0.25) is 9.59 Å². The molecule has 2 aromatic heterocycles. The summed E-state index contributed by atoms with van der Waals surface area (Å²) >= 11 is 0. The number of furan rings is 1. The average Bonchev–Trinajstić information content (AvgIpc) is 3.28. The van der Waals surface area contributed by atoms with Gasteiger partial charge in [-0.25, -0.2) is 0 Å². The van der Waals surface area contributed by atoms with E-state index in [9.17, 15) is 9.59 Å². The van der Waals surface area contributed by atoms with Crippen LogP contribution in [0.2, 0.25) is 0 Å². The maximum absolute atomic E-state index is 11.9. The standard InChI is InChI=1S/C19H20N2O4/c1-13(17-7-4-10-24-17)21-18(22)12-25-19(23)9-8-14-11-20-16-6-3-2-5-15(14)16/h2-7,10-11,13,20H,8-9,12H2,1H3,(H,21,22)/t13-/m1/s1. The topological polar surface area (TPSA) is 84.3 Å². The molecule has 0 fully saturated rings. The summed E-state index contributed by atoms with van der Waals surface area (Å²) in [5.74, 6) is -0.102. The summed E-state index contributed by atoms with van der Waals surface area (Å²) in [4.78, 5) is 26.9. The van der Waals surface area contributed by atoms with Gasteiger partial charge in [-0.2, -0.15) is 0 Å². The minimum atomic E-state index is -0.397. The Hall–Kier alpha value is -3.02. The molecular weight excluding hydrogens is 320 g/mol. The van der Waals surface area contributed by atoms with Crippen molar-refractivity contribution < 1.29 is 18.7 Å². The number of para-hydroxylation sites is 1. The van der Waals surface area contributed by atoms with Crippen molar-refractivity contribution in [3.8, 4) is 0 Å². The minimum absolute atomic E-state index is 0.225. The van der Waals surface area contributed by atoms with Crippen LogP contribution in [-0.2, 0) is 20.7 Å². The third-order valence-electron chi connectivity index (χ3n) is 3.99. The Morgan fingerprint density at radius 3 is 2.88 bits per heavy atom. The molecule has 3 aromatic rings. The quantitative estimate of drug-likeness (QED) is 0.647. The first-order valence-corrected chi connectivity index (χ1v) is 8.17. The van der Waals surface area contributed by atoms with E-state index in [0.29, 0.717) is 12.2 Å². The molecule has 2 heterocycles. The molecule has 0 aliphatic carbocycles. The van der Waals surface area contributed by atoms with Crippen LogP contribution in [0.4, 0.5) is 0 Å². The summed E-state index contributed by atoms with van der Waals surface area (Å²) < 4.78 is 10.3. The van der Waals surface area contributed by atoms with E-state index in [1.54, 1.807) is 25.3 Å². The van der Waals surface area contributed by atoms with Crippen LogP contribution in [0.25, 0.3) is 10.9 Å². The highest BCUT2D eigenvalue weighted by Gasteiger charge is 2.14. The summed E-state index contributed by atoms with van der Waals surface area (Å²) in [6.45, 7) is 1.51. The normalized spacial score (nSPS) is 12.0. The lowest BCUT2D eigenvalue weighted by molar-refractivity contribution is -0.148. The third-order valence-corrected chi connectivity index (χ3v) is 3.99. The van der Waals surface area contributed by atoms with Gasteiger partial charge in [-0.05, 0) is 37.1 Å². The number of esters is 1. The number of aryl methyl sites for hydroxylation is 1. The molecule has 1 atom stereocenters. The van der Waals surface area contributed by atoms with E-state index < -0.39 is 5.97 Å². The molecule has 0 unspecified atom stereocenters. The Kier molecular flexibility index (Phi) is 5.18. The fourth-order valence-electron chi connectivity index (χ4n) is 2.69. The zero-order valence-electron chi connectivity index (χ0n) is 14.0. The molecule has 0 aliphatic rings. The average molecular weight is 340 g/mol. The molecule has 0 aliphatic heterocycles. The van der Waals surface area contributed by atoms with Gasteiger partial charge in [0.2, 0.25) is 0 Å². The predicted molar refractivity (Wildman–Crippen MR) is 92.8 cm³/mol. The third kappa shape index (κ3) is 4.29. The largest absolute Gasteiger partial charge is 0.467 e. The second kappa shape index (κ2) is 7.70. The Bertz CT molecular complexity index is 851. The first kappa shape index (κ1) is 16.8. The lowest BCUT2D eigenvalue weighted by atomic mass is 10.1. The van der Waals surface area contributed by atoms with Gasteiger partial charge in [0.15, 0.2) is 6.61 Å². The molecule has 1 amide bonds. The summed E-state index contributed by atoms with van der Waals surface area (Å²) in [6.07, 6.45) is 4.23. The number of amides is 1. The number of carbonyl (C=O) groups excluding carboxylic acids is 2. The van der Waals surface area contributed by atoms with Crippen molar-refractivity contribution in [2.75, 3.05) is 6.61 Å². The van der Waals surface area contributed by atoms with Crippen molar-refractivity contribution in [1.82, 2.24) is 10.3 Å². The number of nitrogens with one attached hydrogen (secondary N) is 2. The lowest BCUT2D eigenvalue weighted by Crippen LogP contribution is -2.31. The molecule has 6 nitrogen and oxygen atoms in total. The summed E-state index contributed by atoms with van der Waals surface area (Å²) in [7, 11) is 0. The molecule has 2 N–H and O–H groups in total. The molecule has 130 valence electrons. The first-order chi connectivity index (χ1) is 12.1. The minimum Gasteiger partial charge on any atom is -0.467 e. The second-order valence-corrected chi connectivity index (χ2v) is 5.82. The molecular formula is C19H20N2O4.